The number of carbonyl (C=O) groups excluding carboxylic acids is 2. The smallest absolute Gasteiger partial charge is 0.237 e. The molecule has 19 heavy (non-hydrogen) atoms. The van der Waals surface area contributed by atoms with E-state index < -0.39 is 0 Å². The van der Waals surface area contributed by atoms with Crippen molar-refractivity contribution in [1.82, 2.24) is 20.4 Å². The topological polar surface area (TPSA) is 64.7 Å². The standard InChI is InChI=1S/C13H26N4O2/c1-10(2)15-13(19)11(3)14-9-12(18)17-7-5-16(4)6-8-17/h10-11,14H,5-9H2,1-4H3,(H,15,19). The number of carbonyl (C=O) groups is 2. The van der Waals surface area contributed by atoms with E-state index in [-0.39, 0.29) is 30.4 Å². The molecule has 0 radical (unpaired) electrons. The van der Waals surface area contributed by atoms with Gasteiger partial charge in [-0.25, -0.2) is 0 Å². The summed E-state index contributed by atoms with van der Waals surface area (Å²) in [5.74, 6) is -0.00141. The molecule has 1 unspecified atom stereocenters. The normalized spacial score (nSPS) is 18.5. The average Bonchev–Trinajstić information content (AvgIpc) is 2.35. The second-order valence-corrected chi connectivity index (χ2v) is 5.45. The van der Waals surface area contributed by atoms with Gasteiger partial charge in [-0.15, -0.1) is 0 Å². The second kappa shape index (κ2) is 7.45. The number of rotatable bonds is 5. The predicted octanol–water partition coefficient (Wildman–Crippen LogP) is -0.737. The molecule has 1 atom stereocenters. The van der Waals surface area contributed by atoms with Gasteiger partial charge in [0, 0.05) is 32.2 Å². The summed E-state index contributed by atoms with van der Waals surface area (Å²) in [5, 5.41) is 5.80. The predicted molar refractivity (Wildman–Crippen MR) is 74.8 cm³/mol. The molecule has 1 saturated heterocycles. The highest BCUT2D eigenvalue weighted by Gasteiger charge is 2.20. The Balaban J connectivity index is 2.27. The highest BCUT2D eigenvalue weighted by Crippen LogP contribution is 1.99. The zero-order valence-electron chi connectivity index (χ0n) is 12.4. The van der Waals surface area contributed by atoms with Gasteiger partial charge in [0.15, 0.2) is 0 Å². The molecule has 1 heterocycles. The van der Waals surface area contributed by atoms with Crippen molar-refractivity contribution in [2.24, 2.45) is 0 Å². The molecule has 1 rings (SSSR count). The van der Waals surface area contributed by atoms with Crippen molar-refractivity contribution in [3.8, 4) is 0 Å². The third kappa shape index (κ3) is 5.57. The van der Waals surface area contributed by atoms with Crippen molar-refractivity contribution >= 4 is 11.8 Å². The first-order valence-corrected chi connectivity index (χ1v) is 6.90. The summed E-state index contributed by atoms with van der Waals surface area (Å²) in [6.45, 7) is 9.18. The minimum Gasteiger partial charge on any atom is -0.353 e. The van der Waals surface area contributed by atoms with E-state index in [2.05, 4.69) is 22.6 Å². The third-order valence-corrected chi connectivity index (χ3v) is 3.24. The zero-order chi connectivity index (χ0) is 14.4. The van der Waals surface area contributed by atoms with Crippen molar-refractivity contribution in [2.75, 3.05) is 39.8 Å². The summed E-state index contributed by atoms with van der Waals surface area (Å²) >= 11 is 0. The van der Waals surface area contributed by atoms with Gasteiger partial charge in [-0.05, 0) is 27.8 Å². The number of nitrogens with one attached hydrogen (secondary N) is 2. The Kier molecular flexibility index (Phi) is 6.24. The van der Waals surface area contributed by atoms with Gasteiger partial charge in [-0.1, -0.05) is 0 Å². The van der Waals surface area contributed by atoms with E-state index in [1.165, 1.54) is 0 Å². The van der Waals surface area contributed by atoms with Crippen LogP contribution in [0.4, 0.5) is 0 Å². The van der Waals surface area contributed by atoms with E-state index in [4.69, 9.17) is 0 Å². The van der Waals surface area contributed by atoms with Crippen LogP contribution in [0.25, 0.3) is 0 Å². The van der Waals surface area contributed by atoms with E-state index in [1.807, 2.05) is 18.7 Å². The summed E-state index contributed by atoms with van der Waals surface area (Å²) in [4.78, 5) is 27.7. The van der Waals surface area contributed by atoms with E-state index in [9.17, 15) is 9.59 Å². The molecular weight excluding hydrogens is 244 g/mol. The van der Waals surface area contributed by atoms with Crippen LogP contribution in [0.1, 0.15) is 20.8 Å². The molecule has 1 aliphatic rings. The highest BCUT2D eigenvalue weighted by molar-refractivity contribution is 5.83. The lowest BCUT2D eigenvalue weighted by Gasteiger charge is -2.32. The van der Waals surface area contributed by atoms with E-state index in [0.29, 0.717) is 0 Å². The van der Waals surface area contributed by atoms with E-state index in [0.717, 1.165) is 26.2 Å². The Hall–Kier alpha value is -1.14. The van der Waals surface area contributed by atoms with Crippen LogP contribution in [-0.4, -0.2) is 73.5 Å². The Labute approximate surface area is 115 Å². The summed E-state index contributed by atoms with van der Waals surface area (Å²) < 4.78 is 0. The van der Waals surface area contributed by atoms with Gasteiger partial charge in [0.2, 0.25) is 11.8 Å². The van der Waals surface area contributed by atoms with Gasteiger partial charge in [0.25, 0.3) is 0 Å². The van der Waals surface area contributed by atoms with Crippen LogP contribution in [0.2, 0.25) is 0 Å². The summed E-state index contributed by atoms with van der Waals surface area (Å²) in [5.41, 5.74) is 0. The molecule has 0 aromatic rings. The molecule has 0 aromatic heterocycles. The minimum atomic E-state index is -0.348. The van der Waals surface area contributed by atoms with Crippen LogP contribution in [0.3, 0.4) is 0 Å². The maximum absolute atomic E-state index is 12.0. The van der Waals surface area contributed by atoms with Crippen LogP contribution in [0.15, 0.2) is 0 Å². The molecule has 2 N–H and O–H groups in total. The fraction of sp³-hybridized carbons (Fsp3) is 0.846. The van der Waals surface area contributed by atoms with Crippen LogP contribution in [0, 0.1) is 0 Å². The first kappa shape index (κ1) is 15.9. The van der Waals surface area contributed by atoms with Gasteiger partial charge in [-0.3, -0.25) is 14.9 Å². The molecular formula is C13H26N4O2. The summed E-state index contributed by atoms with van der Waals surface area (Å²) in [7, 11) is 2.05. The first-order valence-electron chi connectivity index (χ1n) is 6.90. The van der Waals surface area contributed by atoms with Gasteiger partial charge in [0.05, 0.1) is 12.6 Å². The molecule has 6 nitrogen and oxygen atoms in total. The van der Waals surface area contributed by atoms with Crippen LogP contribution >= 0.6 is 0 Å². The fourth-order valence-electron chi connectivity index (χ4n) is 1.91. The molecule has 2 amide bonds. The lowest BCUT2D eigenvalue weighted by molar-refractivity contribution is -0.132. The van der Waals surface area contributed by atoms with Crippen molar-refractivity contribution in [3.05, 3.63) is 0 Å². The van der Waals surface area contributed by atoms with Crippen molar-refractivity contribution in [1.29, 1.82) is 0 Å². The lowest BCUT2D eigenvalue weighted by atomic mass is 10.2. The van der Waals surface area contributed by atoms with Crippen LogP contribution < -0.4 is 10.6 Å². The Morgan fingerprint density at radius 3 is 2.21 bits per heavy atom. The van der Waals surface area contributed by atoms with Gasteiger partial charge in [-0.2, -0.15) is 0 Å². The van der Waals surface area contributed by atoms with Crippen LogP contribution in [0.5, 0.6) is 0 Å². The zero-order valence-corrected chi connectivity index (χ0v) is 12.4. The number of hydrogen-bond acceptors (Lipinski definition) is 4. The molecule has 6 heteroatoms. The number of likely N-dealkylation sites (N-methyl/N-ethyl adjacent to an activating group) is 1. The number of nitrogens with zero attached hydrogens (tertiary/aromatic N) is 2. The lowest BCUT2D eigenvalue weighted by Crippen LogP contribution is -2.52. The summed E-state index contributed by atoms with van der Waals surface area (Å²) in [6, 6.07) is -0.233. The van der Waals surface area contributed by atoms with Crippen molar-refractivity contribution in [3.63, 3.8) is 0 Å². The fourth-order valence-corrected chi connectivity index (χ4v) is 1.91. The SMILES string of the molecule is CC(C)NC(=O)C(C)NCC(=O)N1CCN(C)CC1. The molecule has 0 aromatic carbocycles. The third-order valence-electron chi connectivity index (χ3n) is 3.24. The van der Waals surface area contributed by atoms with Gasteiger partial charge < -0.3 is 15.1 Å². The van der Waals surface area contributed by atoms with Crippen molar-refractivity contribution in [2.45, 2.75) is 32.9 Å². The molecule has 0 bridgehead atoms. The van der Waals surface area contributed by atoms with Gasteiger partial charge >= 0.3 is 0 Å². The largest absolute Gasteiger partial charge is 0.353 e. The van der Waals surface area contributed by atoms with Gasteiger partial charge in [0.1, 0.15) is 0 Å². The summed E-state index contributed by atoms with van der Waals surface area (Å²) in [6.07, 6.45) is 0. The maximum atomic E-state index is 12.0. The molecule has 1 aliphatic heterocycles. The van der Waals surface area contributed by atoms with E-state index in [1.54, 1.807) is 6.92 Å². The first-order chi connectivity index (χ1) is 8.90. The Bertz CT molecular complexity index is 312. The minimum absolute atomic E-state index is 0.0669. The molecule has 1 fully saturated rings. The Morgan fingerprint density at radius 1 is 1.11 bits per heavy atom. The molecule has 110 valence electrons. The van der Waals surface area contributed by atoms with E-state index >= 15 is 0 Å². The molecule has 0 spiro atoms. The molecule has 0 saturated carbocycles. The average molecular weight is 270 g/mol. The van der Waals surface area contributed by atoms with Crippen molar-refractivity contribution < 1.29 is 9.59 Å². The Morgan fingerprint density at radius 2 is 1.68 bits per heavy atom. The second-order valence-electron chi connectivity index (χ2n) is 5.45. The number of piperazine rings is 1. The number of hydrogen-bond donors (Lipinski definition) is 2. The highest BCUT2D eigenvalue weighted by atomic mass is 16.2. The number of amides is 2. The monoisotopic (exact) mass is 270 g/mol. The molecule has 0 aliphatic carbocycles. The van der Waals surface area contributed by atoms with Crippen LogP contribution in [-0.2, 0) is 9.59 Å². The quantitative estimate of drug-likeness (QED) is 0.691. The maximum Gasteiger partial charge on any atom is 0.237 e.